The maximum atomic E-state index is 12.1. The third-order valence-corrected chi connectivity index (χ3v) is 3.96. The molecule has 0 aliphatic carbocycles. The van der Waals surface area contributed by atoms with Crippen LogP contribution < -0.4 is 5.32 Å². The van der Waals surface area contributed by atoms with Gasteiger partial charge in [0, 0.05) is 0 Å². The number of hydrogen-bond donors (Lipinski definition) is 2. The van der Waals surface area contributed by atoms with Gasteiger partial charge in [-0.05, 0) is 19.8 Å². The Kier molecular flexibility index (Phi) is 7.63. The highest BCUT2D eigenvalue weighted by molar-refractivity contribution is 7.53. The van der Waals surface area contributed by atoms with Crippen LogP contribution in [0.5, 0.6) is 0 Å². The Hall–Kier alpha value is -0.420. The summed E-state index contributed by atoms with van der Waals surface area (Å²) < 4.78 is 22.2. The average molecular weight is 267 g/mol. The Labute approximate surface area is 102 Å². The molecule has 102 valence electrons. The molecule has 6 nitrogen and oxygen atoms in total. The molecule has 0 bridgehead atoms. The lowest BCUT2D eigenvalue weighted by Gasteiger charge is -2.22. The van der Waals surface area contributed by atoms with Gasteiger partial charge in [-0.1, -0.05) is 13.8 Å². The zero-order valence-electron chi connectivity index (χ0n) is 10.8. The SMILES string of the molecule is CCOP(=O)(CN[C@H](C(=O)O)C(C)C)OCC. The fourth-order valence-electron chi connectivity index (χ4n) is 1.34. The van der Waals surface area contributed by atoms with Crippen LogP contribution in [0.3, 0.4) is 0 Å². The molecule has 0 amide bonds. The standard InChI is InChI=1S/C10H22NO5P/c1-5-15-17(14,16-6-2)7-11-9(8(3)4)10(12)13/h8-9,11H,5-7H2,1-4H3,(H,12,13)/t9-/m0/s1. The minimum absolute atomic E-state index is 0.0934. The third-order valence-electron chi connectivity index (χ3n) is 2.09. The summed E-state index contributed by atoms with van der Waals surface area (Å²) in [5.41, 5.74) is 0. The molecule has 0 aromatic rings. The van der Waals surface area contributed by atoms with Gasteiger partial charge in [-0.25, -0.2) is 0 Å². The van der Waals surface area contributed by atoms with Gasteiger partial charge in [0.2, 0.25) is 0 Å². The first-order valence-electron chi connectivity index (χ1n) is 5.70. The number of carboxylic acids is 1. The number of hydrogen-bond acceptors (Lipinski definition) is 5. The molecule has 0 spiro atoms. The second-order valence-corrected chi connectivity index (χ2v) is 5.92. The molecule has 0 heterocycles. The number of nitrogens with one attached hydrogen (secondary N) is 1. The second-order valence-electron chi connectivity index (χ2n) is 3.87. The summed E-state index contributed by atoms with van der Waals surface area (Å²) in [7, 11) is -3.23. The lowest BCUT2D eigenvalue weighted by Crippen LogP contribution is -2.41. The van der Waals surface area contributed by atoms with Crippen molar-refractivity contribution in [2.45, 2.75) is 33.7 Å². The van der Waals surface area contributed by atoms with E-state index in [2.05, 4.69) is 5.32 Å². The van der Waals surface area contributed by atoms with Gasteiger partial charge in [0.1, 0.15) is 6.04 Å². The van der Waals surface area contributed by atoms with Crippen LogP contribution >= 0.6 is 7.60 Å². The first-order chi connectivity index (χ1) is 7.86. The van der Waals surface area contributed by atoms with E-state index in [1.165, 1.54) is 0 Å². The lowest BCUT2D eigenvalue weighted by atomic mass is 10.1. The summed E-state index contributed by atoms with van der Waals surface area (Å²) in [6.45, 7) is 7.50. The van der Waals surface area contributed by atoms with Crippen LogP contribution in [-0.4, -0.2) is 36.6 Å². The number of carboxylic acid groups (broad SMARTS) is 1. The Bertz CT molecular complexity index is 272. The average Bonchev–Trinajstić information content (AvgIpc) is 2.17. The van der Waals surface area contributed by atoms with Crippen molar-refractivity contribution in [1.29, 1.82) is 0 Å². The molecule has 2 N–H and O–H groups in total. The zero-order valence-corrected chi connectivity index (χ0v) is 11.7. The third kappa shape index (κ3) is 6.17. The summed E-state index contributed by atoms with van der Waals surface area (Å²) in [5.74, 6) is -1.08. The highest BCUT2D eigenvalue weighted by atomic mass is 31.2. The molecular formula is C10H22NO5P. The number of aliphatic carboxylic acids is 1. The smallest absolute Gasteiger partial charge is 0.344 e. The van der Waals surface area contributed by atoms with Gasteiger partial charge in [-0.3, -0.25) is 14.7 Å². The van der Waals surface area contributed by atoms with Crippen LogP contribution in [0.1, 0.15) is 27.7 Å². The van der Waals surface area contributed by atoms with Crippen LogP contribution in [0.4, 0.5) is 0 Å². The molecule has 0 saturated carbocycles. The molecule has 0 fully saturated rings. The predicted molar refractivity (Wildman–Crippen MR) is 65.1 cm³/mol. The summed E-state index contributed by atoms with van der Waals surface area (Å²) in [4.78, 5) is 10.9. The fourth-order valence-corrected chi connectivity index (χ4v) is 2.80. The first kappa shape index (κ1) is 16.6. The van der Waals surface area contributed by atoms with Gasteiger partial charge >= 0.3 is 13.6 Å². The second kappa shape index (κ2) is 7.82. The minimum Gasteiger partial charge on any atom is -0.480 e. The lowest BCUT2D eigenvalue weighted by molar-refractivity contribution is -0.140. The molecule has 17 heavy (non-hydrogen) atoms. The van der Waals surface area contributed by atoms with Crippen molar-refractivity contribution in [1.82, 2.24) is 5.32 Å². The van der Waals surface area contributed by atoms with E-state index in [4.69, 9.17) is 14.2 Å². The van der Waals surface area contributed by atoms with Gasteiger partial charge in [0.05, 0.1) is 19.5 Å². The van der Waals surface area contributed by atoms with Crippen LogP contribution in [0.25, 0.3) is 0 Å². The molecule has 1 atom stereocenters. The maximum Gasteiger partial charge on any atom is 0.344 e. The Morgan fingerprint density at radius 1 is 1.29 bits per heavy atom. The van der Waals surface area contributed by atoms with E-state index in [9.17, 15) is 9.36 Å². The number of rotatable bonds is 9. The Balaban J connectivity index is 4.47. The summed E-state index contributed by atoms with van der Waals surface area (Å²) in [5, 5.41) is 11.7. The highest BCUT2D eigenvalue weighted by Gasteiger charge is 2.28. The monoisotopic (exact) mass is 267 g/mol. The molecule has 0 aliphatic rings. The van der Waals surface area contributed by atoms with Gasteiger partial charge in [0.15, 0.2) is 0 Å². The molecule has 0 rings (SSSR count). The van der Waals surface area contributed by atoms with Crippen molar-refractivity contribution in [3.63, 3.8) is 0 Å². The van der Waals surface area contributed by atoms with Crippen molar-refractivity contribution in [3.05, 3.63) is 0 Å². The van der Waals surface area contributed by atoms with Crippen LogP contribution in [0, 0.1) is 5.92 Å². The summed E-state index contributed by atoms with van der Waals surface area (Å²) in [6, 6.07) is -0.760. The molecule has 0 saturated heterocycles. The van der Waals surface area contributed by atoms with Gasteiger partial charge in [-0.2, -0.15) is 0 Å². The molecule has 0 aromatic heterocycles. The van der Waals surface area contributed by atoms with Crippen molar-refractivity contribution >= 4 is 13.6 Å². The molecular weight excluding hydrogens is 245 g/mol. The van der Waals surface area contributed by atoms with E-state index < -0.39 is 19.6 Å². The fraction of sp³-hybridized carbons (Fsp3) is 0.900. The van der Waals surface area contributed by atoms with Gasteiger partial charge < -0.3 is 14.2 Å². The molecule has 7 heteroatoms. The molecule has 0 aromatic carbocycles. The van der Waals surface area contributed by atoms with E-state index in [1.807, 2.05) is 0 Å². The van der Waals surface area contributed by atoms with E-state index in [1.54, 1.807) is 27.7 Å². The highest BCUT2D eigenvalue weighted by Crippen LogP contribution is 2.46. The Morgan fingerprint density at radius 2 is 1.76 bits per heavy atom. The summed E-state index contributed by atoms with van der Waals surface area (Å²) >= 11 is 0. The topological polar surface area (TPSA) is 84.9 Å². The maximum absolute atomic E-state index is 12.1. The molecule has 0 aliphatic heterocycles. The van der Waals surface area contributed by atoms with Crippen LogP contribution in [-0.2, 0) is 18.4 Å². The largest absolute Gasteiger partial charge is 0.480 e. The Morgan fingerprint density at radius 3 is 2.06 bits per heavy atom. The van der Waals surface area contributed by atoms with Crippen molar-refractivity contribution in [2.24, 2.45) is 5.92 Å². The van der Waals surface area contributed by atoms with E-state index >= 15 is 0 Å². The normalized spacial score (nSPS) is 13.9. The minimum atomic E-state index is -3.23. The number of carbonyl (C=O) groups is 1. The molecule has 0 unspecified atom stereocenters. The quantitative estimate of drug-likeness (QED) is 0.621. The van der Waals surface area contributed by atoms with Crippen LogP contribution in [0.2, 0.25) is 0 Å². The van der Waals surface area contributed by atoms with Crippen molar-refractivity contribution in [3.8, 4) is 0 Å². The van der Waals surface area contributed by atoms with E-state index in [-0.39, 0.29) is 25.4 Å². The van der Waals surface area contributed by atoms with Gasteiger partial charge in [-0.15, -0.1) is 0 Å². The zero-order chi connectivity index (χ0) is 13.5. The van der Waals surface area contributed by atoms with E-state index in [0.717, 1.165) is 0 Å². The molecule has 0 radical (unpaired) electrons. The van der Waals surface area contributed by atoms with Crippen molar-refractivity contribution < 1.29 is 23.5 Å². The summed E-state index contributed by atoms with van der Waals surface area (Å²) in [6.07, 6.45) is -0.0934. The van der Waals surface area contributed by atoms with Crippen molar-refractivity contribution in [2.75, 3.05) is 19.5 Å². The van der Waals surface area contributed by atoms with Gasteiger partial charge in [0.25, 0.3) is 0 Å². The first-order valence-corrected chi connectivity index (χ1v) is 7.43. The van der Waals surface area contributed by atoms with Crippen LogP contribution in [0.15, 0.2) is 0 Å². The predicted octanol–water partition coefficient (Wildman–Crippen LogP) is 1.91. The van der Waals surface area contributed by atoms with E-state index in [0.29, 0.717) is 0 Å².